The van der Waals surface area contributed by atoms with Crippen molar-refractivity contribution in [1.82, 2.24) is 4.98 Å². The van der Waals surface area contributed by atoms with Gasteiger partial charge in [-0.1, -0.05) is 11.3 Å². The van der Waals surface area contributed by atoms with Gasteiger partial charge in [0.25, 0.3) is 0 Å². The van der Waals surface area contributed by atoms with E-state index in [0.29, 0.717) is 5.13 Å². The molecule has 1 amide bonds. The Labute approximate surface area is 137 Å². The molecule has 0 spiro atoms. The summed E-state index contributed by atoms with van der Waals surface area (Å²) in [5, 5.41) is 3.20. The van der Waals surface area contributed by atoms with E-state index in [0.717, 1.165) is 18.3 Å². The molecule has 1 aromatic heterocycles. The Hall–Kier alpha value is -0.410. The van der Waals surface area contributed by atoms with Crippen LogP contribution in [0.3, 0.4) is 0 Å². The highest BCUT2D eigenvalue weighted by molar-refractivity contribution is 14.1. The molecular formula is C12H12BrIN2O2S. The van der Waals surface area contributed by atoms with Crippen LogP contribution in [0.4, 0.5) is 9.93 Å². The van der Waals surface area contributed by atoms with Crippen molar-refractivity contribution in [3.8, 4) is 0 Å². The molecule has 0 aliphatic rings. The number of nitrogens with one attached hydrogen (secondary N) is 1. The van der Waals surface area contributed by atoms with Gasteiger partial charge in [0, 0.05) is 8.04 Å². The fourth-order valence-electron chi connectivity index (χ4n) is 1.39. The number of hydrogen-bond acceptors (Lipinski definition) is 4. The number of hydrogen-bond donors (Lipinski definition) is 1. The van der Waals surface area contributed by atoms with Crippen molar-refractivity contribution >= 4 is 71.3 Å². The monoisotopic (exact) mass is 454 g/mol. The highest BCUT2D eigenvalue weighted by Crippen LogP contribution is 2.34. The zero-order valence-corrected chi connectivity index (χ0v) is 15.1. The van der Waals surface area contributed by atoms with Gasteiger partial charge in [-0.05, 0) is 71.4 Å². The van der Waals surface area contributed by atoms with Crippen LogP contribution >= 0.6 is 49.9 Å². The molecule has 0 saturated heterocycles. The van der Waals surface area contributed by atoms with Crippen LogP contribution in [-0.4, -0.2) is 16.7 Å². The molecule has 1 N–H and O–H groups in total. The summed E-state index contributed by atoms with van der Waals surface area (Å²) in [7, 11) is 0. The van der Waals surface area contributed by atoms with Gasteiger partial charge in [-0.15, -0.1) is 0 Å². The molecule has 0 fully saturated rings. The Morgan fingerprint density at radius 3 is 2.74 bits per heavy atom. The number of benzene rings is 1. The first-order valence-electron chi connectivity index (χ1n) is 5.51. The lowest BCUT2D eigenvalue weighted by Crippen LogP contribution is -2.27. The van der Waals surface area contributed by atoms with Crippen LogP contribution < -0.4 is 5.32 Å². The Morgan fingerprint density at radius 1 is 1.47 bits per heavy atom. The van der Waals surface area contributed by atoms with Gasteiger partial charge in [0.15, 0.2) is 5.13 Å². The predicted molar refractivity (Wildman–Crippen MR) is 89.9 cm³/mol. The number of thiazole rings is 1. The third kappa shape index (κ3) is 3.79. The van der Waals surface area contributed by atoms with Crippen molar-refractivity contribution in [3.05, 3.63) is 20.2 Å². The summed E-state index contributed by atoms with van der Waals surface area (Å²) in [5.41, 5.74) is 0.363. The molecule has 2 aromatic rings. The predicted octanol–water partition coefficient (Wildman–Crippen LogP) is 5.01. The third-order valence-electron chi connectivity index (χ3n) is 2.05. The number of amides is 1. The fraction of sp³-hybridized carbons (Fsp3) is 0.333. The number of anilines is 1. The zero-order valence-electron chi connectivity index (χ0n) is 10.6. The first kappa shape index (κ1) is 15.0. The molecule has 2 rings (SSSR count). The number of aromatic nitrogens is 1. The van der Waals surface area contributed by atoms with Crippen LogP contribution in [0.5, 0.6) is 0 Å². The summed E-state index contributed by atoms with van der Waals surface area (Å²) in [6.45, 7) is 5.47. The maximum atomic E-state index is 11.7. The van der Waals surface area contributed by atoms with E-state index in [1.807, 2.05) is 32.9 Å². The summed E-state index contributed by atoms with van der Waals surface area (Å²) >= 11 is 7.12. The summed E-state index contributed by atoms with van der Waals surface area (Å²) < 4.78 is 8.23. The van der Waals surface area contributed by atoms with Gasteiger partial charge in [-0.2, -0.15) is 0 Å². The minimum Gasteiger partial charge on any atom is -0.444 e. The number of carbonyl (C=O) groups is 1. The summed E-state index contributed by atoms with van der Waals surface area (Å²) in [4.78, 5) is 16.1. The SMILES string of the molecule is CC(C)(C)OC(=O)Nc1nc2c(I)ccc(Br)c2s1. The number of nitrogens with zero attached hydrogens (tertiary/aromatic N) is 1. The first-order valence-corrected chi connectivity index (χ1v) is 8.19. The van der Waals surface area contributed by atoms with E-state index in [9.17, 15) is 4.79 Å². The minimum atomic E-state index is -0.518. The van der Waals surface area contributed by atoms with Crippen LogP contribution in [-0.2, 0) is 4.74 Å². The Bertz CT molecular complexity index is 597. The number of carbonyl (C=O) groups excluding carboxylic acids is 1. The van der Waals surface area contributed by atoms with Crippen molar-refractivity contribution in [3.63, 3.8) is 0 Å². The van der Waals surface area contributed by atoms with Crippen LogP contribution in [0.25, 0.3) is 10.2 Å². The second-order valence-electron chi connectivity index (χ2n) is 4.85. The van der Waals surface area contributed by atoms with Crippen molar-refractivity contribution in [2.75, 3.05) is 5.32 Å². The molecule has 0 bridgehead atoms. The summed E-state index contributed by atoms with van der Waals surface area (Å²) in [6, 6.07) is 3.95. The molecule has 0 aliphatic carbocycles. The second-order valence-corrected chi connectivity index (χ2v) is 7.87. The smallest absolute Gasteiger partial charge is 0.413 e. The lowest BCUT2D eigenvalue weighted by Gasteiger charge is -2.18. The number of fused-ring (bicyclic) bond motifs is 1. The minimum absolute atomic E-state index is 0.488. The normalized spacial score (nSPS) is 11.6. The van der Waals surface area contributed by atoms with Crippen LogP contribution in [0.1, 0.15) is 20.8 Å². The van der Waals surface area contributed by atoms with E-state index in [-0.39, 0.29) is 0 Å². The molecular weight excluding hydrogens is 443 g/mol. The standard InChI is InChI=1S/C12H12BrIN2O2S/c1-12(2,3)18-11(17)16-10-15-8-7(14)5-4-6(13)9(8)19-10/h4-5H,1-3H3,(H,15,16,17). The molecule has 0 saturated carbocycles. The van der Waals surface area contributed by atoms with E-state index >= 15 is 0 Å². The van der Waals surface area contributed by atoms with Crippen LogP contribution in [0.15, 0.2) is 16.6 Å². The van der Waals surface area contributed by atoms with Gasteiger partial charge in [0.05, 0.1) is 10.2 Å². The van der Waals surface area contributed by atoms with Gasteiger partial charge in [-0.3, -0.25) is 5.32 Å². The quantitative estimate of drug-likeness (QED) is 0.616. The van der Waals surface area contributed by atoms with E-state index in [2.05, 4.69) is 48.8 Å². The molecule has 19 heavy (non-hydrogen) atoms. The highest BCUT2D eigenvalue weighted by atomic mass is 127. The van der Waals surface area contributed by atoms with E-state index < -0.39 is 11.7 Å². The van der Waals surface area contributed by atoms with E-state index in [1.54, 1.807) is 0 Å². The third-order valence-corrected chi connectivity index (χ3v) is 4.85. The van der Waals surface area contributed by atoms with Crippen LogP contribution in [0, 0.1) is 3.57 Å². The van der Waals surface area contributed by atoms with Gasteiger partial charge in [-0.25, -0.2) is 9.78 Å². The zero-order chi connectivity index (χ0) is 14.2. The molecule has 102 valence electrons. The van der Waals surface area contributed by atoms with E-state index in [4.69, 9.17) is 4.74 Å². The largest absolute Gasteiger partial charge is 0.444 e. The summed E-state index contributed by atoms with van der Waals surface area (Å²) in [5.74, 6) is 0. The number of halogens is 2. The maximum absolute atomic E-state index is 11.7. The molecule has 4 nitrogen and oxygen atoms in total. The number of rotatable bonds is 1. The van der Waals surface area contributed by atoms with Gasteiger partial charge in [0.2, 0.25) is 0 Å². The lowest BCUT2D eigenvalue weighted by atomic mass is 10.2. The van der Waals surface area contributed by atoms with Crippen molar-refractivity contribution in [1.29, 1.82) is 0 Å². The average molecular weight is 455 g/mol. The van der Waals surface area contributed by atoms with Gasteiger partial charge < -0.3 is 4.74 Å². The molecule has 0 unspecified atom stereocenters. The van der Waals surface area contributed by atoms with Crippen molar-refractivity contribution in [2.24, 2.45) is 0 Å². The van der Waals surface area contributed by atoms with Crippen molar-refractivity contribution < 1.29 is 9.53 Å². The van der Waals surface area contributed by atoms with Gasteiger partial charge >= 0.3 is 6.09 Å². The average Bonchev–Trinajstić information content (AvgIpc) is 2.65. The molecule has 1 aromatic carbocycles. The maximum Gasteiger partial charge on any atom is 0.413 e. The molecule has 0 aliphatic heterocycles. The molecule has 7 heteroatoms. The fourth-order valence-corrected chi connectivity index (χ4v) is 3.59. The Balaban J connectivity index is 2.25. The van der Waals surface area contributed by atoms with Gasteiger partial charge in [0.1, 0.15) is 5.60 Å². The van der Waals surface area contributed by atoms with E-state index in [1.165, 1.54) is 11.3 Å². The number of ether oxygens (including phenoxy) is 1. The highest BCUT2D eigenvalue weighted by Gasteiger charge is 2.18. The molecule has 1 heterocycles. The van der Waals surface area contributed by atoms with Crippen molar-refractivity contribution in [2.45, 2.75) is 26.4 Å². The molecule has 0 radical (unpaired) electrons. The Kier molecular flexibility index (Phi) is 4.36. The Morgan fingerprint density at radius 2 is 2.16 bits per heavy atom. The molecule has 0 atom stereocenters. The first-order chi connectivity index (χ1) is 8.76. The van der Waals surface area contributed by atoms with Crippen LogP contribution in [0.2, 0.25) is 0 Å². The second kappa shape index (κ2) is 5.53. The lowest BCUT2D eigenvalue weighted by molar-refractivity contribution is 0.0636. The summed E-state index contributed by atoms with van der Waals surface area (Å²) in [6.07, 6.45) is -0.488. The topological polar surface area (TPSA) is 51.2 Å².